The zero-order valence-corrected chi connectivity index (χ0v) is 20.2. The van der Waals surface area contributed by atoms with Gasteiger partial charge in [-0.15, -0.1) is 10.2 Å². The molecule has 1 amide bonds. The van der Waals surface area contributed by atoms with Crippen molar-refractivity contribution >= 4 is 23.4 Å². The summed E-state index contributed by atoms with van der Waals surface area (Å²) in [6, 6.07) is 28.3. The number of nitrogens with zero attached hydrogens (tertiary/aromatic N) is 4. The molecule has 178 valence electrons. The smallest absolute Gasteiger partial charge is 0.251 e. The van der Waals surface area contributed by atoms with E-state index in [0.717, 1.165) is 11.3 Å². The van der Waals surface area contributed by atoms with Crippen LogP contribution in [-0.4, -0.2) is 36.4 Å². The van der Waals surface area contributed by atoms with E-state index < -0.39 is 0 Å². The second-order valence-corrected chi connectivity index (χ2v) is 8.94. The first-order valence-corrected chi connectivity index (χ1v) is 12.2. The van der Waals surface area contributed by atoms with Crippen LogP contribution in [-0.2, 0) is 4.79 Å². The number of amides is 1. The lowest BCUT2D eigenvalue weighted by atomic mass is 10.2. The Labute approximate surface area is 211 Å². The number of aryl methyl sites for hydroxylation is 1. The summed E-state index contributed by atoms with van der Waals surface area (Å²) < 4.78 is 1.95. The number of hydrogen-bond acceptors (Lipinski definition) is 6. The Balaban J connectivity index is 1.34. The van der Waals surface area contributed by atoms with Gasteiger partial charge in [-0.2, -0.15) is 0 Å². The van der Waals surface area contributed by atoms with Crippen LogP contribution in [0.4, 0.5) is 5.69 Å². The Kier molecular flexibility index (Phi) is 6.72. The fourth-order valence-electron chi connectivity index (χ4n) is 3.73. The van der Waals surface area contributed by atoms with Gasteiger partial charge in [0.05, 0.1) is 5.75 Å². The molecule has 2 N–H and O–H groups in total. The van der Waals surface area contributed by atoms with Crippen LogP contribution in [0.5, 0.6) is 0 Å². The highest BCUT2D eigenvalue weighted by atomic mass is 32.2. The molecule has 3 aromatic carbocycles. The fraction of sp³-hybridized carbons (Fsp3) is 0.0741. The second-order valence-electron chi connectivity index (χ2n) is 8.00. The molecule has 0 aliphatic heterocycles. The third kappa shape index (κ3) is 5.26. The molecule has 8 nitrogen and oxygen atoms in total. The second kappa shape index (κ2) is 10.4. The molecule has 0 saturated heterocycles. The summed E-state index contributed by atoms with van der Waals surface area (Å²) >= 11 is 1.31. The zero-order valence-electron chi connectivity index (χ0n) is 19.4. The van der Waals surface area contributed by atoms with Crippen molar-refractivity contribution in [3.05, 3.63) is 107 Å². The summed E-state index contributed by atoms with van der Waals surface area (Å²) in [4.78, 5) is 31.7. The Morgan fingerprint density at radius 1 is 0.917 bits per heavy atom. The normalized spacial score (nSPS) is 10.8. The minimum atomic E-state index is -0.222. The van der Waals surface area contributed by atoms with Crippen molar-refractivity contribution in [2.75, 3.05) is 11.1 Å². The molecule has 0 fully saturated rings. The van der Waals surface area contributed by atoms with E-state index in [1.807, 2.05) is 71.3 Å². The minimum absolute atomic E-state index is 0.142. The van der Waals surface area contributed by atoms with Crippen LogP contribution >= 0.6 is 11.8 Å². The molecule has 0 bridgehead atoms. The van der Waals surface area contributed by atoms with Gasteiger partial charge in [-0.1, -0.05) is 72.4 Å². The summed E-state index contributed by atoms with van der Waals surface area (Å²) in [5.41, 5.74) is 3.56. The van der Waals surface area contributed by atoms with Gasteiger partial charge in [0.2, 0.25) is 5.91 Å². The third-order valence-corrected chi connectivity index (χ3v) is 6.23. The average molecular weight is 495 g/mol. The highest BCUT2D eigenvalue weighted by molar-refractivity contribution is 7.99. The standard InChI is InChI=1S/C27H22N6O2S/c1-18-15-23(34)30-25(28-18)20-11-8-12-21(16-20)29-24(35)17-36-27-32-31-26(19-9-4-2-5-10-19)33(27)22-13-6-3-7-14-22/h2-16H,17H2,1H3,(H,29,35)(H,28,30,34). The molecular formula is C27H22N6O2S. The summed E-state index contributed by atoms with van der Waals surface area (Å²) in [7, 11) is 0. The highest BCUT2D eigenvalue weighted by Gasteiger charge is 2.17. The first-order valence-electron chi connectivity index (χ1n) is 11.2. The van der Waals surface area contributed by atoms with Gasteiger partial charge in [0.25, 0.3) is 5.56 Å². The van der Waals surface area contributed by atoms with Crippen LogP contribution < -0.4 is 10.9 Å². The lowest BCUT2D eigenvalue weighted by Gasteiger charge is -2.11. The number of anilines is 1. The molecule has 0 atom stereocenters. The third-order valence-electron chi connectivity index (χ3n) is 5.30. The lowest BCUT2D eigenvalue weighted by molar-refractivity contribution is -0.113. The molecule has 36 heavy (non-hydrogen) atoms. The van der Waals surface area contributed by atoms with Gasteiger partial charge in [0.15, 0.2) is 11.0 Å². The first kappa shape index (κ1) is 23.3. The predicted octanol–water partition coefficient (Wildman–Crippen LogP) is 4.72. The van der Waals surface area contributed by atoms with Gasteiger partial charge in [0.1, 0.15) is 5.82 Å². The number of thioether (sulfide) groups is 1. The summed E-state index contributed by atoms with van der Waals surface area (Å²) in [5.74, 6) is 1.11. The number of carbonyl (C=O) groups is 1. The van der Waals surface area contributed by atoms with Crippen molar-refractivity contribution in [3.8, 4) is 28.5 Å². The van der Waals surface area contributed by atoms with Crippen molar-refractivity contribution in [1.29, 1.82) is 0 Å². The van der Waals surface area contributed by atoms with Crippen molar-refractivity contribution in [2.45, 2.75) is 12.1 Å². The summed E-state index contributed by atoms with van der Waals surface area (Å²) in [6.07, 6.45) is 0. The number of carbonyl (C=O) groups excluding carboxylic acids is 1. The van der Waals surface area contributed by atoms with E-state index in [2.05, 4.69) is 25.5 Å². The Bertz CT molecular complexity index is 1560. The van der Waals surface area contributed by atoms with Crippen molar-refractivity contribution in [1.82, 2.24) is 24.7 Å². The van der Waals surface area contributed by atoms with Crippen LogP contribution in [0.2, 0.25) is 0 Å². The van der Waals surface area contributed by atoms with E-state index in [0.29, 0.717) is 33.8 Å². The maximum atomic E-state index is 12.8. The van der Waals surface area contributed by atoms with E-state index in [1.54, 1.807) is 25.1 Å². The minimum Gasteiger partial charge on any atom is -0.325 e. The monoisotopic (exact) mass is 494 g/mol. The van der Waals surface area contributed by atoms with Gasteiger partial charge in [0, 0.05) is 34.3 Å². The highest BCUT2D eigenvalue weighted by Crippen LogP contribution is 2.28. The molecule has 2 aromatic heterocycles. The van der Waals surface area contributed by atoms with Gasteiger partial charge >= 0.3 is 0 Å². The van der Waals surface area contributed by atoms with Crippen LogP contribution in [0.15, 0.2) is 101 Å². The van der Waals surface area contributed by atoms with E-state index >= 15 is 0 Å². The Morgan fingerprint density at radius 2 is 1.64 bits per heavy atom. The largest absolute Gasteiger partial charge is 0.325 e. The average Bonchev–Trinajstić information content (AvgIpc) is 3.32. The number of rotatable bonds is 7. The molecule has 0 saturated carbocycles. The number of nitrogens with one attached hydrogen (secondary N) is 2. The first-order chi connectivity index (χ1) is 17.6. The van der Waals surface area contributed by atoms with Crippen LogP contribution in [0.1, 0.15) is 5.69 Å². The van der Waals surface area contributed by atoms with Crippen LogP contribution in [0.25, 0.3) is 28.5 Å². The van der Waals surface area contributed by atoms with Crippen molar-refractivity contribution in [3.63, 3.8) is 0 Å². The topological polar surface area (TPSA) is 106 Å². The molecule has 0 aliphatic carbocycles. The Morgan fingerprint density at radius 3 is 2.39 bits per heavy atom. The molecule has 0 unspecified atom stereocenters. The molecule has 5 aromatic rings. The SMILES string of the molecule is Cc1cc(=O)[nH]c(-c2cccc(NC(=O)CSc3nnc(-c4ccccc4)n3-c3ccccc3)c2)n1. The number of hydrogen-bond donors (Lipinski definition) is 2. The fourth-order valence-corrected chi connectivity index (χ4v) is 4.49. The lowest BCUT2D eigenvalue weighted by Crippen LogP contribution is -2.15. The van der Waals surface area contributed by atoms with E-state index in [1.165, 1.54) is 17.8 Å². The van der Waals surface area contributed by atoms with E-state index in [4.69, 9.17) is 0 Å². The number of aromatic amines is 1. The maximum Gasteiger partial charge on any atom is 0.251 e. The molecular weight excluding hydrogens is 472 g/mol. The number of benzene rings is 3. The maximum absolute atomic E-state index is 12.8. The molecule has 0 spiro atoms. The van der Waals surface area contributed by atoms with E-state index in [9.17, 15) is 9.59 Å². The molecule has 0 aliphatic rings. The van der Waals surface area contributed by atoms with E-state index in [-0.39, 0.29) is 17.2 Å². The van der Waals surface area contributed by atoms with Crippen LogP contribution in [0, 0.1) is 6.92 Å². The number of H-pyrrole nitrogens is 1. The Hall–Kier alpha value is -4.50. The quantitative estimate of drug-likeness (QED) is 0.317. The van der Waals surface area contributed by atoms with Gasteiger partial charge in [-0.25, -0.2) is 4.98 Å². The molecule has 2 heterocycles. The zero-order chi connectivity index (χ0) is 24.9. The molecule has 5 rings (SSSR count). The molecule has 0 radical (unpaired) electrons. The van der Waals surface area contributed by atoms with Gasteiger partial charge < -0.3 is 10.3 Å². The molecule has 9 heteroatoms. The summed E-state index contributed by atoms with van der Waals surface area (Å²) in [6.45, 7) is 1.76. The van der Waals surface area contributed by atoms with Gasteiger partial charge in [-0.05, 0) is 31.2 Å². The van der Waals surface area contributed by atoms with Crippen molar-refractivity contribution in [2.24, 2.45) is 0 Å². The number of para-hydroxylation sites is 1. The summed E-state index contributed by atoms with van der Waals surface area (Å²) in [5, 5.41) is 12.3. The van der Waals surface area contributed by atoms with Gasteiger partial charge in [-0.3, -0.25) is 14.2 Å². The van der Waals surface area contributed by atoms with Crippen LogP contribution in [0.3, 0.4) is 0 Å². The van der Waals surface area contributed by atoms with Crippen molar-refractivity contribution < 1.29 is 4.79 Å². The predicted molar refractivity (Wildman–Crippen MR) is 141 cm³/mol. The number of aromatic nitrogens is 5.